The largest absolute Gasteiger partial charge is 0.465 e. The van der Waals surface area contributed by atoms with E-state index in [1.165, 1.54) is 31.6 Å². The maximum absolute atomic E-state index is 14.3. The number of likely N-dealkylation sites (tertiary alicyclic amines) is 1. The van der Waals surface area contributed by atoms with E-state index in [2.05, 4.69) is 34.9 Å². The van der Waals surface area contributed by atoms with Gasteiger partial charge in [0.2, 0.25) is 0 Å². The van der Waals surface area contributed by atoms with Gasteiger partial charge in [0.25, 0.3) is 11.8 Å². The number of nitrogens with zero attached hydrogens (tertiary/aromatic N) is 8. The first-order valence-corrected chi connectivity index (χ1v) is 16.9. The van der Waals surface area contributed by atoms with Crippen LogP contribution >= 0.6 is 0 Å². The minimum atomic E-state index is -0.510. The number of amides is 1. The average Bonchev–Trinajstić information content (AvgIpc) is 3.09. The summed E-state index contributed by atoms with van der Waals surface area (Å²) in [6, 6.07) is 5.80. The highest BCUT2D eigenvalue weighted by atomic mass is 19.1. The molecule has 48 heavy (non-hydrogen) atoms. The molecule has 0 atom stereocenters. The fourth-order valence-corrected chi connectivity index (χ4v) is 7.39. The molecule has 1 aromatic carbocycles. The molecule has 2 aromatic heterocycles. The van der Waals surface area contributed by atoms with Gasteiger partial charge >= 0.3 is 5.97 Å². The van der Waals surface area contributed by atoms with Gasteiger partial charge in [-0.25, -0.2) is 14.2 Å². The van der Waals surface area contributed by atoms with Gasteiger partial charge in [0.15, 0.2) is 5.82 Å². The van der Waals surface area contributed by atoms with Crippen molar-refractivity contribution >= 4 is 23.4 Å². The zero-order chi connectivity index (χ0) is 33.8. The first kappa shape index (κ1) is 33.5. The molecule has 0 aliphatic carbocycles. The summed E-state index contributed by atoms with van der Waals surface area (Å²) in [6.45, 7) is 12.9. The summed E-state index contributed by atoms with van der Waals surface area (Å²) in [5.41, 5.74) is 1.77. The molecule has 1 amide bonds. The van der Waals surface area contributed by atoms with Crippen LogP contribution in [0.1, 0.15) is 67.2 Å². The molecule has 0 saturated carbocycles. The number of carbonyl (C=O) groups excluding carboxylic acids is 2. The molecule has 0 bridgehead atoms. The second kappa shape index (κ2) is 14.4. The van der Waals surface area contributed by atoms with Crippen molar-refractivity contribution < 1.29 is 23.5 Å². The molecule has 256 valence electrons. The first-order valence-electron chi connectivity index (χ1n) is 16.9. The van der Waals surface area contributed by atoms with E-state index in [0.29, 0.717) is 23.8 Å². The SMILES string of the molecule is CCN(C(=O)c1cc(F)ccc1Oc1nncnc1N1CC2(CCN(CC3CCN(c4ccncc4C(=O)OC)CC3)CC2)C1)C(C)C. The van der Waals surface area contributed by atoms with Gasteiger partial charge in [-0.15, -0.1) is 10.2 Å². The van der Waals surface area contributed by atoms with Gasteiger partial charge in [0, 0.05) is 63.1 Å². The fraction of sp³-hybridized carbons (Fsp3) is 0.543. The molecule has 12 nitrogen and oxygen atoms in total. The van der Waals surface area contributed by atoms with Crippen LogP contribution in [0, 0.1) is 17.2 Å². The van der Waals surface area contributed by atoms with Gasteiger partial charge in [-0.1, -0.05) is 0 Å². The second-order valence-electron chi connectivity index (χ2n) is 13.5. The lowest BCUT2D eigenvalue weighted by Crippen LogP contribution is -2.61. The summed E-state index contributed by atoms with van der Waals surface area (Å²) >= 11 is 0. The quantitative estimate of drug-likeness (QED) is 0.283. The van der Waals surface area contributed by atoms with Crippen LogP contribution in [0.15, 0.2) is 43.0 Å². The van der Waals surface area contributed by atoms with Gasteiger partial charge in [-0.3, -0.25) is 9.78 Å². The Morgan fingerprint density at radius 1 is 1.06 bits per heavy atom. The minimum Gasteiger partial charge on any atom is -0.465 e. The van der Waals surface area contributed by atoms with Crippen molar-refractivity contribution in [2.24, 2.45) is 11.3 Å². The fourth-order valence-electron chi connectivity index (χ4n) is 7.39. The standard InChI is InChI=1S/C35H45FN8O4/c1-5-44(24(2)3)33(45)27-18-26(36)6-7-30(27)48-32-31(38-23-39-40-32)43-21-35(22-43)11-16-41(17-12-35)20-25-9-14-42(15-10-25)29-8-13-37-19-28(29)34(46)47-4/h6-8,13,18-19,23-25H,5,9-12,14-17,20-22H2,1-4H3. The van der Waals surface area contributed by atoms with Crippen LogP contribution in [-0.2, 0) is 4.74 Å². The predicted octanol–water partition coefficient (Wildman–Crippen LogP) is 4.67. The van der Waals surface area contributed by atoms with E-state index in [-0.39, 0.29) is 40.5 Å². The number of ether oxygens (including phenoxy) is 2. The lowest BCUT2D eigenvalue weighted by molar-refractivity contribution is 0.0598. The Labute approximate surface area is 281 Å². The molecule has 0 unspecified atom stereocenters. The molecule has 0 radical (unpaired) electrons. The number of halogens is 1. The van der Waals surface area contributed by atoms with Gasteiger partial charge in [0.05, 0.1) is 18.4 Å². The Morgan fingerprint density at radius 2 is 1.81 bits per heavy atom. The third-order valence-electron chi connectivity index (χ3n) is 10.1. The van der Waals surface area contributed by atoms with E-state index in [4.69, 9.17) is 9.47 Å². The smallest absolute Gasteiger partial charge is 0.341 e. The van der Waals surface area contributed by atoms with E-state index in [0.717, 1.165) is 77.2 Å². The van der Waals surface area contributed by atoms with Crippen molar-refractivity contribution in [3.63, 3.8) is 0 Å². The average molecular weight is 661 g/mol. The zero-order valence-corrected chi connectivity index (χ0v) is 28.3. The predicted molar refractivity (Wildman–Crippen MR) is 179 cm³/mol. The van der Waals surface area contributed by atoms with Crippen LogP contribution in [-0.4, -0.2) is 107 Å². The molecule has 3 aliphatic heterocycles. The summed E-state index contributed by atoms with van der Waals surface area (Å²) in [7, 11) is 1.40. The number of methoxy groups -OCH3 is 1. The van der Waals surface area contributed by atoms with Crippen LogP contribution in [0.4, 0.5) is 15.9 Å². The van der Waals surface area contributed by atoms with Crippen molar-refractivity contribution in [3.8, 4) is 11.6 Å². The topological polar surface area (TPSA) is 117 Å². The third kappa shape index (κ3) is 7.06. The molecule has 13 heteroatoms. The highest BCUT2D eigenvalue weighted by molar-refractivity contribution is 5.97. The first-order chi connectivity index (χ1) is 23.2. The minimum absolute atomic E-state index is 0.0514. The van der Waals surface area contributed by atoms with E-state index < -0.39 is 5.82 Å². The number of rotatable bonds is 10. The third-order valence-corrected chi connectivity index (χ3v) is 10.1. The van der Waals surface area contributed by atoms with Crippen LogP contribution in [0.3, 0.4) is 0 Å². The number of carbonyl (C=O) groups is 2. The van der Waals surface area contributed by atoms with Gasteiger partial charge in [-0.2, -0.15) is 0 Å². The normalized spacial score (nSPS) is 18.1. The van der Waals surface area contributed by atoms with Crippen molar-refractivity contribution in [1.82, 2.24) is 30.0 Å². The maximum atomic E-state index is 14.3. The number of piperidine rings is 2. The number of hydrogen-bond acceptors (Lipinski definition) is 11. The molecule has 3 aliphatic rings. The van der Waals surface area contributed by atoms with Crippen LogP contribution in [0.25, 0.3) is 0 Å². The van der Waals surface area contributed by atoms with Crippen LogP contribution < -0.4 is 14.5 Å². The Kier molecular flexibility index (Phi) is 10.0. The molecule has 5 heterocycles. The summed E-state index contributed by atoms with van der Waals surface area (Å²) in [5.74, 6) is 0.462. The van der Waals surface area contributed by atoms with E-state index in [9.17, 15) is 14.0 Å². The number of hydrogen-bond donors (Lipinski definition) is 0. The lowest BCUT2D eigenvalue weighted by Gasteiger charge is -2.54. The number of anilines is 2. The molecule has 1 spiro atoms. The monoisotopic (exact) mass is 660 g/mol. The summed E-state index contributed by atoms with van der Waals surface area (Å²) in [6.07, 6.45) is 9.09. The summed E-state index contributed by atoms with van der Waals surface area (Å²) < 4.78 is 25.4. The molecule has 0 N–H and O–H groups in total. The van der Waals surface area contributed by atoms with Crippen molar-refractivity contribution in [3.05, 3.63) is 59.9 Å². The van der Waals surface area contributed by atoms with Crippen LogP contribution in [0.5, 0.6) is 11.6 Å². The van der Waals surface area contributed by atoms with Crippen molar-refractivity contribution in [2.75, 3.05) is 69.3 Å². The van der Waals surface area contributed by atoms with Gasteiger partial charge < -0.3 is 29.1 Å². The Hall–Kier alpha value is -4.39. The molecule has 3 aromatic rings. The highest BCUT2D eigenvalue weighted by Gasteiger charge is 2.46. The van der Waals surface area contributed by atoms with Gasteiger partial charge in [-0.05, 0) is 89.7 Å². The summed E-state index contributed by atoms with van der Waals surface area (Å²) in [5, 5.41) is 8.17. The van der Waals surface area contributed by atoms with Crippen molar-refractivity contribution in [1.29, 1.82) is 0 Å². The van der Waals surface area contributed by atoms with E-state index in [1.807, 2.05) is 26.8 Å². The lowest BCUT2D eigenvalue weighted by atomic mass is 9.72. The Balaban J connectivity index is 1.02. The summed E-state index contributed by atoms with van der Waals surface area (Å²) in [4.78, 5) is 42.9. The maximum Gasteiger partial charge on any atom is 0.341 e. The Bertz CT molecular complexity index is 1600. The van der Waals surface area contributed by atoms with Crippen LogP contribution in [0.2, 0.25) is 0 Å². The molecule has 6 rings (SSSR count). The van der Waals surface area contributed by atoms with Gasteiger partial charge in [0.1, 0.15) is 23.5 Å². The molecular weight excluding hydrogens is 615 g/mol. The highest BCUT2D eigenvalue weighted by Crippen LogP contribution is 2.44. The zero-order valence-electron chi connectivity index (χ0n) is 28.3. The number of esters is 1. The Morgan fingerprint density at radius 3 is 2.50 bits per heavy atom. The molecule has 3 saturated heterocycles. The van der Waals surface area contributed by atoms with E-state index in [1.54, 1.807) is 17.3 Å². The van der Waals surface area contributed by atoms with E-state index >= 15 is 0 Å². The molecule has 3 fully saturated rings. The second-order valence-corrected chi connectivity index (χ2v) is 13.5. The number of benzene rings is 1. The molecular formula is C35H45FN8O4. The van der Waals surface area contributed by atoms with Crippen molar-refractivity contribution in [2.45, 2.75) is 52.5 Å². The number of aromatic nitrogens is 4. The number of pyridine rings is 1.